The third-order valence-corrected chi connectivity index (χ3v) is 10.1. The third-order valence-electron chi connectivity index (χ3n) is 10.1. The first-order valence-corrected chi connectivity index (χ1v) is 15.9. The highest BCUT2D eigenvalue weighted by molar-refractivity contribution is 6.10. The number of rotatable bonds is 4. The van der Waals surface area contributed by atoms with Gasteiger partial charge in [-0.15, -0.1) is 0 Å². The molecule has 3 nitrogen and oxygen atoms in total. The van der Waals surface area contributed by atoms with Crippen molar-refractivity contribution in [1.29, 1.82) is 0 Å². The van der Waals surface area contributed by atoms with Gasteiger partial charge in [-0.3, -0.25) is 4.57 Å². The Hall–Kier alpha value is -3.85. The smallest absolute Gasteiger partial charge is 0.145 e. The zero-order valence-corrected chi connectivity index (χ0v) is 24.2. The lowest BCUT2D eigenvalue weighted by atomic mass is 9.77. The Balaban J connectivity index is 1.56. The monoisotopic (exact) mass is 537 g/mol. The topological polar surface area (TPSA) is 22.8 Å². The Kier molecular flexibility index (Phi) is 6.20. The number of imidazole rings is 1. The molecule has 0 saturated heterocycles. The van der Waals surface area contributed by atoms with Gasteiger partial charge in [0.1, 0.15) is 5.82 Å². The van der Waals surface area contributed by atoms with Crippen molar-refractivity contribution in [1.82, 2.24) is 14.1 Å². The van der Waals surface area contributed by atoms with Crippen LogP contribution in [-0.4, -0.2) is 14.1 Å². The number of hydrogen-bond donors (Lipinski definition) is 0. The largest absolute Gasteiger partial charge is 0.343 e. The number of hydrogen-bond acceptors (Lipinski definition) is 1. The predicted octanol–water partition coefficient (Wildman–Crippen LogP) is 10.4. The molecule has 3 heteroatoms. The molecule has 8 rings (SSSR count). The second-order valence-corrected chi connectivity index (χ2v) is 12.5. The third kappa shape index (κ3) is 4.04. The van der Waals surface area contributed by atoms with Crippen LogP contribution < -0.4 is 0 Å². The number of aromatic nitrogens is 3. The maximum Gasteiger partial charge on any atom is 0.145 e. The minimum absolute atomic E-state index is 0.553. The molecule has 0 spiro atoms. The van der Waals surface area contributed by atoms with Crippen LogP contribution >= 0.6 is 0 Å². The van der Waals surface area contributed by atoms with E-state index in [9.17, 15) is 0 Å². The van der Waals surface area contributed by atoms with E-state index in [2.05, 4.69) is 101 Å². The molecule has 2 fully saturated rings. The lowest BCUT2D eigenvalue weighted by Crippen LogP contribution is -2.16. The zero-order valence-electron chi connectivity index (χ0n) is 24.2. The number of benzene rings is 4. The molecular weight excluding hydrogens is 498 g/mol. The summed E-state index contributed by atoms with van der Waals surface area (Å²) in [5.41, 5.74) is 10.8. The van der Waals surface area contributed by atoms with Gasteiger partial charge >= 0.3 is 0 Å². The summed E-state index contributed by atoms with van der Waals surface area (Å²) in [6, 6.07) is 31.3. The van der Waals surface area contributed by atoms with E-state index in [-0.39, 0.29) is 0 Å². The molecule has 206 valence electrons. The van der Waals surface area contributed by atoms with Gasteiger partial charge in [-0.1, -0.05) is 99.2 Å². The average Bonchev–Trinajstić information content (AvgIpc) is 3.57. The fourth-order valence-corrected chi connectivity index (χ4v) is 8.17. The van der Waals surface area contributed by atoms with Gasteiger partial charge in [0.2, 0.25) is 0 Å². The maximum atomic E-state index is 5.33. The SMILES string of the molecule is Cn1c2ccccc2c2cc(C3CCCCC3)c(-n3c(-c4ccccc4)nc4ccccc43)c(C3CCCCC3)c21. The van der Waals surface area contributed by atoms with Crippen LogP contribution in [0.2, 0.25) is 0 Å². The molecule has 0 amide bonds. The van der Waals surface area contributed by atoms with Crippen molar-refractivity contribution in [3.63, 3.8) is 0 Å². The Morgan fingerprint density at radius 1 is 0.634 bits per heavy atom. The lowest BCUT2D eigenvalue weighted by Gasteiger charge is -2.32. The number of fused-ring (bicyclic) bond motifs is 4. The Morgan fingerprint density at radius 2 is 1.27 bits per heavy atom. The second kappa shape index (κ2) is 10.2. The van der Waals surface area contributed by atoms with Crippen LogP contribution in [0.4, 0.5) is 0 Å². The summed E-state index contributed by atoms with van der Waals surface area (Å²) in [4.78, 5) is 5.33. The highest BCUT2D eigenvalue weighted by atomic mass is 15.1. The molecule has 2 aliphatic rings. The summed E-state index contributed by atoms with van der Waals surface area (Å²) in [7, 11) is 2.30. The van der Waals surface area contributed by atoms with Crippen molar-refractivity contribution in [3.8, 4) is 17.1 Å². The summed E-state index contributed by atoms with van der Waals surface area (Å²) < 4.78 is 5.08. The van der Waals surface area contributed by atoms with Crippen molar-refractivity contribution >= 4 is 32.8 Å². The molecule has 2 saturated carbocycles. The van der Waals surface area contributed by atoms with Gasteiger partial charge in [0.05, 0.1) is 22.2 Å². The number of nitrogens with zero attached hydrogens (tertiary/aromatic N) is 3. The van der Waals surface area contributed by atoms with Crippen LogP contribution in [0.25, 0.3) is 49.9 Å². The van der Waals surface area contributed by atoms with E-state index in [1.807, 2.05) is 0 Å². The van der Waals surface area contributed by atoms with Crippen LogP contribution in [-0.2, 0) is 7.05 Å². The molecule has 0 unspecified atom stereocenters. The van der Waals surface area contributed by atoms with Crippen molar-refractivity contribution in [2.45, 2.75) is 76.0 Å². The van der Waals surface area contributed by atoms with E-state index in [0.717, 1.165) is 11.3 Å². The van der Waals surface area contributed by atoms with Crippen LogP contribution in [0.5, 0.6) is 0 Å². The van der Waals surface area contributed by atoms with Gasteiger partial charge in [-0.2, -0.15) is 0 Å². The molecule has 2 heterocycles. The van der Waals surface area contributed by atoms with E-state index in [1.165, 1.54) is 103 Å². The molecule has 0 bridgehead atoms. The number of aryl methyl sites for hydroxylation is 1. The summed E-state index contributed by atoms with van der Waals surface area (Å²) in [6.07, 6.45) is 13.1. The van der Waals surface area contributed by atoms with E-state index in [0.29, 0.717) is 11.8 Å². The first-order valence-electron chi connectivity index (χ1n) is 15.9. The Morgan fingerprint density at radius 3 is 2.02 bits per heavy atom. The number of para-hydroxylation sites is 3. The minimum atomic E-state index is 0.553. The van der Waals surface area contributed by atoms with Crippen molar-refractivity contribution in [2.75, 3.05) is 0 Å². The lowest BCUT2D eigenvalue weighted by molar-refractivity contribution is 0.435. The summed E-state index contributed by atoms with van der Waals surface area (Å²) in [6.45, 7) is 0. The summed E-state index contributed by atoms with van der Waals surface area (Å²) in [5, 5.41) is 2.84. The van der Waals surface area contributed by atoms with Gasteiger partial charge in [0, 0.05) is 34.5 Å². The quantitative estimate of drug-likeness (QED) is 0.219. The van der Waals surface area contributed by atoms with Crippen molar-refractivity contribution in [3.05, 3.63) is 96.1 Å². The van der Waals surface area contributed by atoms with Crippen LogP contribution in [0.1, 0.15) is 87.2 Å². The standard InChI is InChI=1S/C38H39N3/c1-40-33-23-13-11-21-29(33)31-25-30(26-15-5-2-6-16-26)37(35(36(31)40)27-17-7-3-8-18-27)41-34-24-14-12-22-32(34)39-38(41)28-19-9-4-10-20-28/h4,9-14,19-27H,2-3,5-8,15-18H2,1H3. The maximum absolute atomic E-state index is 5.33. The fourth-order valence-electron chi connectivity index (χ4n) is 8.17. The van der Waals surface area contributed by atoms with E-state index in [1.54, 1.807) is 11.1 Å². The van der Waals surface area contributed by atoms with Gasteiger partial charge in [0.25, 0.3) is 0 Å². The van der Waals surface area contributed by atoms with Crippen LogP contribution in [0.3, 0.4) is 0 Å². The highest BCUT2D eigenvalue weighted by Crippen LogP contribution is 2.49. The summed E-state index contributed by atoms with van der Waals surface area (Å²) in [5.74, 6) is 2.20. The minimum Gasteiger partial charge on any atom is -0.343 e. The van der Waals surface area contributed by atoms with Crippen molar-refractivity contribution in [2.24, 2.45) is 7.05 Å². The Labute approximate surface area is 242 Å². The van der Waals surface area contributed by atoms with E-state index < -0.39 is 0 Å². The molecule has 6 aromatic rings. The van der Waals surface area contributed by atoms with E-state index in [4.69, 9.17) is 4.98 Å². The highest BCUT2D eigenvalue weighted by Gasteiger charge is 2.32. The van der Waals surface area contributed by atoms with Gasteiger partial charge in [0.15, 0.2) is 0 Å². The van der Waals surface area contributed by atoms with Crippen LogP contribution in [0.15, 0.2) is 84.9 Å². The molecule has 2 aliphatic carbocycles. The normalized spacial score (nSPS) is 17.2. The van der Waals surface area contributed by atoms with Gasteiger partial charge in [-0.25, -0.2) is 4.98 Å². The molecule has 0 radical (unpaired) electrons. The molecule has 2 aromatic heterocycles. The molecule has 4 aromatic carbocycles. The average molecular weight is 538 g/mol. The molecule has 41 heavy (non-hydrogen) atoms. The first-order chi connectivity index (χ1) is 20.3. The van der Waals surface area contributed by atoms with Crippen LogP contribution in [0, 0.1) is 0 Å². The molecule has 0 aliphatic heterocycles. The fraction of sp³-hybridized carbons (Fsp3) is 0.342. The first kappa shape index (κ1) is 24.9. The molecule has 0 N–H and O–H groups in total. The molecule has 0 atom stereocenters. The van der Waals surface area contributed by atoms with Crippen molar-refractivity contribution < 1.29 is 0 Å². The second-order valence-electron chi connectivity index (χ2n) is 12.5. The van der Waals surface area contributed by atoms with Gasteiger partial charge < -0.3 is 4.57 Å². The summed E-state index contributed by atoms with van der Waals surface area (Å²) >= 11 is 0. The Bertz CT molecular complexity index is 1860. The zero-order chi connectivity index (χ0) is 27.3. The van der Waals surface area contributed by atoms with E-state index >= 15 is 0 Å². The predicted molar refractivity (Wildman–Crippen MR) is 172 cm³/mol. The van der Waals surface area contributed by atoms with Gasteiger partial charge in [-0.05, 0) is 67.3 Å². The molecular formula is C38H39N3.